The van der Waals surface area contributed by atoms with Crippen LogP contribution in [0.5, 0.6) is 0 Å². The van der Waals surface area contributed by atoms with Gasteiger partial charge < -0.3 is 19.4 Å². The van der Waals surface area contributed by atoms with E-state index in [-0.39, 0.29) is 88.7 Å². The molecule has 1 aliphatic carbocycles. The fourth-order valence-electron chi connectivity index (χ4n) is 2.99. The minimum absolute atomic E-state index is 0. The molecule has 0 saturated heterocycles. The van der Waals surface area contributed by atoms with Crippen molar-refractivity contribution in [3.05, 3.63) is 44.9 Å². The maximum Gasteiger partial charge on any atom is 1.00 e. The molecule has 160 valence electrons. The molecule has 2 aromatic rings. The van der Waals surface area contributed by atoms with Crippen LogP contribution < -0.4 is 94.4 Å². The number of anilines is 1. The monoisotopic (exact) mass is 607 g/mol. The van der Waals surface area contributed by atoms with E-state index in [4.69, 9.17) is 5.73 Å². The number of halogens is 1. The number of carbonyl (C=O) groups excluding carboxylic acids is 2. The van der Waals surface area contributed by atoms with Crippen LogP contribution in [0.2, 0.25) is 0 Å². The Morgan fingerprint density at radius 2 is 0.970 bits per heavy atom. The Labute approximate surface area is 262 Å². The van der Waals surface area contributed by atoms with Gasteiger partial charge in [-0.15, -0.1) is 0 Å². The Balaban J connectivity index is 0.00000341. The van der Waals surface area contributed by atoms with Gasteiger partial charge >= 0.3 is 88.7 Å². The number of nitrogens with two attached hydrogens (primary N) is 1. The van der Waals surface area contributed by atoms with E-state index in [0.29, 0.717) is 18.2 Å². The number of fused-ring (bicyclic) bond motifs is 2. The van der Waals surface area contributed by atoms with Crippen LogP contribution in [0.25, 0.3) is 0 Å². The number of carbonyl (C=O) groups is 2. The molecule has 2 N–H and O–H groups in total. The topological polar surface area (TPSA) is 232 Å². The standard InChI is InChI=1S/C14H8BrNO11S3.3Na/c15-4-3-7(30(25,26)27)12(16)11-8(4)13(17)9-5(28(19,20)21)1-2-6(29(22,23)24)10(9)14(11)18;;;/h1-3H,16H2,(H,19,20,21)(H,22,23,24)(H,25,26,27);;;/q;3*+1/p-3. The summed E-state index contributed by atoms with van der Waals surface area (Å²) in [5.41, 5.74) is 0.443. The van der Waals surface area contributed by atoms with Gasteiger partial charge in [0.2, 0.25) is 0 Å². The molecule has 33 heavy (non-hydrogen) atoms. The summed E-state index contributed by atoms with van der Waals surface area (Å²) in [5, 5.41) is 0. The Bertz CT molecular complexity index is 1520. The normalized spacial score (nSPS) is 13.1. The van der Waals surface area contributed by atoms with Crippen molar-refractivity contribution >= 4 is 63.5 Å². The van der Waals surface area contributed by atoms with E-state index >= 15 is 0 Å². The maximum atomic E-state index is 13.0. The quantitative estimate of drug-likeness (QED) is 0.166. The van der Waals surface area contributed by atoms with Gasteiger partial charge in [-0.1, -0.05) is 0 Å². The maximum absolute atomic E-state index is 13.0. The molecular formula is C14H5BrNNa3O11S3. The first-order valence-electron chi connectivity index (χ1n) is 7.24. The molecule has 0 radical (unpaired) electrons. The van der Waals surface area contributed by atoms with Crippen LogP contribution in [-0.4, -0.2) is 50.5 Å². The van der Waals surface area contributed by atoms with Gasteiger partial charge in [-0.3, -0.25) is 9.59 Å². The largest absolute Gasteiger partial charge is 1.00 e. The number of ketones is 2. The van der Waals surface area contributed by atoms with E-state index in [1.807, 2.05) is 0 Å². The average molecular weight is 608 g/mol. The third-order valence-electron chi connectivity index (χ3n) is 4.13. The summed E-state index contributed by atoms with van der Waals surface area (Å²) in [5.74, 6) is -2.95. The third-order valence-corrected chi connectivity index (χ3v) is 7.39. The average Bonchev–Trinajstić information content (AvgIpc) is 2.57. The molecular weight excluding hydrogens is 603 g/mol. The van der Waals surface area contributed by atoms with Crippen LogP contribution in [0.1, 0.15) is 31.8 Å². The summed E-state index contributed by atoms with van der Waals surface area (Å²) in [6, 6.07) is 1.32. The van der Waals surface area contributed by atoms with Crippen molar-refractivity contribution in [3.8, 4) is 0 Å². The second-order valence-electron chi connectivity index (χ2n) is 5.85. The molecule has 0 fully saturated rings. The molecule has 0 unspecified atom stereocenters. The first kappa shape index (κ1) is 33.8. The molecule has 0 saturated carbocycles. The van der Waals surface area contributed by atoms with Gasteiger partial charge in [0.15, 0.2) is 11.6 Å². The Morgan fingerprint density at radius 3 is 1.30 bits per heavy atom. The first-order chi connectivity index (χ1) is 13.5. The van der Waals surface area contributed by atoms with E-state index in [0.717, 1.165) is 0 Å². The van der Waals surface area contributed by atoms with Crippen LogP contribution in [0.15, 0.2) is 37.4 Å². The molecule has 0 heterocycles. The van der Waals surface area contributed by atoms with Crippen LogP contribution in [0.4, 0.5) is 5.69 Å². The summed E-state index contributed by atoms with van der Waals surface area (Å²) in [6.45, 7) is 0. The molecule has 19 heteroatoms. The zero-order valence-electron chi connectivity index (χ0n) is 16.9. The molecule has 12 nitrogen and oxygen atoms in total. The van der Waals surface area contributed by atoms with Crippen LogP contribution in [0, 0.1) is 0 Å². The zero-order chi connectivity index (χ0) is 23.0. The number of hydrogen-bond donors (Lipinski definition) is 1. The second-order valence-corrected chi connectivity index (χ2v) is 10.8. The van der Waals surface area contributed by atoms with E-state index in [1.165, 1.54) is 0 Å². The van der Waals surface area contributed by atoms with Gasteiger partial charge in [-0.2, -0.15) is 0 Å². The van der Waals surface area contributed by atoms with Crippen molar-refractivity contribution < 1.29 is 137 Å². The predicted molar refractivity (Wildman–Crippen MR) is 95.8 cm³/mol. The van der Waals surface area contributed by atoms with E-state index in [9.17, 15) is 48.5 Å². The molecule has 0 spiro atoms. The smallest absolute Gasteiger partial charge is 0.744 e. The Morgan fingerprint density at radius 1 is 0.636 bits per heavy atom. The fraction of sp³-hybridized carbons (Fsp3) is 0. The SMILES string of the molecule is Nc1c(S(=O)(=O)[O-])cc(Br)c2c1C(=O)c1c(S(=O)(=O)[O-])ccc(S(=O)(=O)[O-])c1C2=O.[Na+].[Na+].[Na+]. The molecule has 2 aromatic carbocycles. The third kappa shape index (κ3) is 6.03. The van der Waals surface area contributed by atoms with Crippen molar-refractivity contribution in [1.29, 1.82) is 0 Å². The van der Waals surface area contributed by atoms with E-state index in [2.05, 4.69) is 15.9 Å². The Kier molecular flexibility index (Phi) is 11.3. The number of benzene rings is 2. The predicted octanol–water partition coefficient (Wildman–Crippen LogP) is -9.47. The van der Waals surface area contributed by atoms with Crippen molar-refractivity contribution in [2.75, 3.05) is 5.73 Å². The van der Waals surface area contributed by atoms with Gasteiger partial charge in [0.1, 0.15) is 30.4 Å². The van der Waals surface area contributed by atoms with Crippen molar-refractivity contribution in [3.63, 3.8) is 0 Å². The first-order valence-corrected chi connectivity index (χ1v) is 12.3. The number of nitrogen functional groups attached to an aromatic ring is 1. The molecule has 0 atom stereocenters. The summed E-state index contributed by atoms with van der Waals surface area (Å²) >= 11 is 2.77. The summed E-state index contributed by atoms with van der Waals surface area (Å²) < 4.78 is 103. The van der Waals surface area contributed by atoms with Gasteiger partial charge in [0, 0.05) is 4.47 Å². The molecule has 0 amide bonds. The van der Waals surface area contributed by atoms with Gasteiger partial charge in [0.05, 0.1) is 42.6 Å². The zero-order valence-corrected chi connectivity index (χ0v) is 26.9. The van der Waals surface area contributed by atoms with Crippen LogP contribution >= 0.6 is 15.9 Å². The molecule has 3 rings (SSSR count). The number of rotatable bonds is 3. The van der Waals surface area contributed by atoms with Crippen LogP contribution in [-0.2, 0) is 30.4 Å². The summed E-state index contributed by atoms with van der Waals surface area (Å²) in [6.07, 6.45) is 0. The number of hydrogen-bond acceptors (Lipinski definition) is 12. The summed E-state index contributed by atoms with van der Waals surface area (Å²) in [7, 11) is -16.2. The van der Waals surface area contributed by atoms with Gasteiger partial charge in [-0.05, 0) is 34.1 Å². The minimum Gasteiger partial charge on any atom is -0.744 e. The minimum atomic E-state index is -5.48. The molecule has 0 aliphatic heterocycles. The van der Waals surface area contributed by atoms with Crippen molar-refractivity contribution in [1.82, 2.24) is 0 Å². The fourth-order valence-corrected chi connectivity index (χ4v) is 5.74. The van der Waals surface area contributed by atoms with Gasteiger partial charge in [0.25, 0.3) is 0 Å². The van der Waals surface area contributed by atoms with E-state index in [1.54, 1.807) is 0 Å². The van der Waals surface area contributed by atoms with Gasteiger partial charge in [-0.25, -0.2) is 25.3 Å². The molecule has 1 aliphatic rings. The second kappa shape index (κ2) is 11.0. The van der Waals surface area contributed by atoms with E-state index < -0.39 is 89.0 Å². The van der Waals surface area contributed by atoms with Crippen molar-refractivity contribution in [2.45, 2.75) is 14.7 Å². The molecule has 0 aromatic heterocycles. The Hall–Kier alpha value is 0.790. The summed E-state index contributed by atoms with van der Waals surface area (Å²) in [4.78, 5) is 22.2. The van der Waals surface area contributed by atoms with Crippen LogP contribution in [0.3, 0.4) is 0 Å². The van der Waals surface area contributed by atoms with Crippen molar-refractivity contribution in [2.24, 2.45) is 0 Å². The molecule has 0 bridgehead atoms.